The molecule has 3 aromatic rings. The standard InChI is InChI=1S/C20H25N5O2S2/c1-11-5-12(2)7-25(6-11)8-14-9-28-20(22-14)23-17(26)16-13(3)15-18(29-16)21-10-24(4)19(15)27/h9-12H,5-8H2,1-4H3,(H,22,23,26)/t11-,12-/m0/s1. The van der Waals surface area contributed by atoms with Gasteiger partial charge in [0.25, 0.3) is 11.5 Å². The van der Waals surface area contributed by atoms with E-state index in [1.54, 1.807) is 14.0 Å². The van der Waals surface area contributed by atoms with Gasteiger partial charge in [0.2, 0.25) is 0 Å². The quantitative estimate of drug-likeness (QED) is 0.684. The highest BCUT2D eigenvalue weighted by Gasteiger charge is 2.23. The van der Waals surface area contributed by atoms with Gasteiger partial charge in [-0.25, -0.2) is 9.97 Å². The van der Waals surface area contributed by atoms with Gasteiger partial charge in [-0.2, -0.15) is 0 Å². The molecule has 1 saturated heterocycles. The Labute approximate surface area is 177 Å². The maximum absolute atomic E-state index is 12.8. The zero-order chi connectivity index (χ0) is 20.7. The Morgan fingerprint density at radius 3 is 2.76 bits per heavy atom. The van der Waals surface area contributed by atoms with Gasteiger partial charge < -0.3 is 4.57 Å². The Kier molecular flexibility index (Phi) is 5.54. The number of thiazole rings is 1. The minimum Gasteiger partial charge on any atom is -0.302 e. The monoisotopic (exact) mass is 431 g/mol. The number of aryl methyl sites for hydroxylation is 2. The minimum atomic E-state index is -0.242. The third-order valence-corrected chi connectivity index (χ3v) is 7.32. The molecule has 0 aliphatic carbocycles. The van der Waals surface area contributed by atoms with Crippen LogP contribution in [0.15, 0.2) is 16.5 Å². The second kappa shape index (κ2) is 7.97. The Hall–Kier alpha value is -2.10. The number of carbonyl (C=O) groups excluding carboxylic acids is 1. The van der Waals surface area contributed by atoms with Gasteiger partial charge in [-0.05, 0) is 30.7 Å². The van der Waals surface area contributed by atoms with Crippen LogP contribution in [0.3, 0.4) is 0 Å². The van der Waals surface area contributed by atoms with Crippen molar-refractivity contribution in [2.24, 2.45) is 18.9 Å². The number of aromatic nitrogens is 3. The van der Waals surface area contributed by atoms with Crippen molar-refractivity contribution < 1.29 is 4.79 Å². The second-order valence-corrected chi connectivity index (χ2v) is 9.99. The van der Waals surface area contributed by atoms with Gasteiger partial charge in [-0.1, -0.05) is 13.8 Å². The van der Waals surface area contributed by atoms with Crippen molar-refractivity contribution in [1.82, 2.24) is 19.4 Å². The maximum Gasteiger partial charge on any atom is 0.267 e. The van der Waals surface area contributed by atoms with Crippen LogP contribution in [0.4, 0.5) is 5.13 Å². The molecule has 0 spiro atoms. The predicted molar refractivity (Wildman–Crippen MR) is 118 cm³/mol. The van der Waals surface area contributed by atoms with Gasteiger partial charge in [-0.15, -0.1) is 22.7 Å². The average molecular weight is 432 g/mol. The van der Waals surface area contributed by atoms with Crippen molar-refractivity contribution in [3.05, 3.63) is 38.2 Å². The first-order valence-electron chi connectivity index (χ1n) is 9.74. The van der Waals surface area contributed by atoms with Gasteiger partial charge in [0, 0.05) is 32.1 Å². The predicted octanol–water partition coefficient (Wildman–Crippen LogP) is 3.49. The molecular weight excluding hydrogens is 406 g/mol. The smallest absolute Gasteiger partial charge is 0.267 e. The number of thiophene rings is 1. The molecular formula is C20H25N5O2S2. The summed E-state index contributed by atoms with van der Waals surface area (Å²) in [5.41, 5.74) is 1.52. The van der Waals surface area contributed by atoms with Crippen LogP contribution in [-0.2, 0) is 13.6 Å². The molecule has 9 heteroatoms. The van der Waals surface area contributed by atoms with E-state index in [0.717, 1.165) is 25.3 Å². The van der Waals surface area contributed by atoms with Crippen molar-refractivity contribution in [2.75, 3.05) is 18.4 Å². The lowest BCUT2D eigenvalue weighted by Gasteiger charge is -2.34. The fourth-order valence-corrected chi connectivity index (χ4v) is 5.90. The lowest BCUT2D eigenvalue weighted by Crippen LogP contribution is -2.38. The number of anilines is 1. The number of carbonyl (C=O) groups is 1. The van der Waals surface area contributed by atoms with Crippen molar-refractivity contribution in [1.29, 1.82) is 0 Å². The van der Waals surface area contributed by atoms with Gasteiger partial charge in [-0.3, -0.25) is 19.8 Å². The maximum atomic E-state index is 12.8. The second-order valence-electron chi connectivity index (χ2n) is 8.14. The normalized spacial score (nSPS) is 20.3. The molecule has 1 fully saturated rings. The fourth-order valence-electron chi connectivity index (χ4n) is 4.17. The van der Waals surface area contributed by atoms with Gasteiger partial charge >= 0.3 is 0 Å². The molecule has 29 heavy (non-hydrogen) atoms. The van der Waals surface area contributed by atoms with Crippen LogP contribution < -0.4 is 10.9 Å². The lowest BCUT2D eigenvalue weighted by molar-refractivity contribution is 0.103. The molecule has 1 aliphatic rings. The topological polar surface area (TPSA) is 80.1 Å². The molecule has 4 rings (SSSR count). The van der Waals surface area contributed by atoms with E-state index >= 15 is 0 Å². The van der Waals surface area contributed by atoms with Crippen molar-refractivity contribution >= 4 is 43.9 Å². The largest absolute Gasteiger partial charge is 0.302 e. The molecule has 2 atom stereocenters. The summed E-state index contributed by atoms with van der Waals surface area (Å²) in [6.07, 6.45) is 2.76. The summed E-state index contributed by atoms with van der Waals surface area (Å²) >= 11 is 2.68. The third-order valence-electron chi connectivity index (χ3n) is 5.32. The zero-order valence-corrected chi connectivity index (χ0v) is 18.7. The van der Waals surface area contributed by atoms with Crippen LogP contribution in [0.5, 0.6) is 0 Å². The Bertz CT molecular complexity index is 1110. The van der Waals surface area contributed by atoms with E-state index in [-0.39, 0.29) is 11.5 Å². The van der Waals surface area contributed by atoms with Crippen molar-refractivity contribution in [3.8, 4) is 0 Å². The molecule has 7 nitrogen and oxygen atoms in total. The number of nitrogens with one attached hydrogen (secondary N) is 1. The average Bonchev–Trinajstić information content (AvgIpc) is 3.21. The molecule has 154 valence electrons. The summed E-state index contributed by atoms with van der Waals surface area (Å²) in [6.45, 7) is 9.38. The van der Waals surface area contributed by atoms with Crippen LogP contribution in [0, 0.1) is 18.8 Å². The number of piperidine rings is 1. The number of nitrogens with zero attached hydrogens (tertiary/aromatic N) is 4. The van der Waals surface area contributed by atoms with Crippen LogP contribution in [-0.4, -0.2) is 38.4 Å². The molecule has 0 saturated carbocycles. The molecule has 4 heterocycles. The molecule has 0 bridgehead atoms. The zero-order valence-electron chi connectivity index (χ0n) is 17.1. The van der Waals surface area contributed by atoms with Crippen molar-refractivity contribution in [3.63, 3.8) is 0 Å². The van der Waals surface area contributed by atoms with Gasteiger partial charge in [0.1, 0.15) is 4.83 Å². The molecule has 3 aromatic heterocycles. The first-order valence-corrected chi connectivity index (χ1v) is 11.4. The highest BCUT2D eigenvalue weighted by atomic mass is 32.1. The highest BCUT2D eigenvalue weighted by Crippen LogP contribution is 2.28. The van der Waals surface area contributed by atoms with Crippen LogP contribution >= 0.6 is 22.7 Å². The summed E-state index contributed by atoms with van der Waals surface area (Å²) in [5.74, 6) is 1.16. The van der Waals surface area contributed by atoms with Crippen LogP contribution in [0.25, 0.3) is 10.2 Å². The van der Waals surface area contributed by atoms with E-state index in [0.29, 0.717) is 37.6 Å². The van der Waals surface area contributed by atoms with E-state index in [9.17, 15) is 9.59 Å². The molecule has 0 aromatic carbocycles. The number of fused-ring (bicyclic) bond motifs is 1. The molecule has 1 aliphatic heterocycles. The van der Waals surface area contributed by atoms with Crippen molar-refractivity contribution in [2.45, 2.75) is 33.7 Å². The number of likely N-dealkylation sites (tertiary alicyclic amines) is 1. The molecule has 1 N–H and O–H groups in total. The van der Waals surface area contributed by atoms with E-state index in [1.807, 2.05) is 5.38 Å². The van der Waals surface area contributed by atoms with Gasteiger partial charge in [0.15, 0.2) is 5.13 Å². The number of amides is 1. The Balaban J connectivity index is 1.48. The Morgan fingerprint density at radius 1 is 1.31 bits per heavy atom. The van der Waals surface area contributed by atoms with Crippen LogP contribution in [0.1, 0.15) is 41.2 Å². The number of hydrogen-bond acceptors (Lipinski definition) is 7. The molecule has 0 unspecified atom stereocenters. The molecule has 1 amide bonds. The number of hydrogen-bond donors (Lipinski definition) is 1. The highest BCUT2D eigenvalue weighted by molar-refractivity contribution is 7.21. The summed E-state index contributed by atoms with van der Waals surface area (Å²) in [4.78, 5) is 37.6. The summed E-state index contributed by atoms with van der Waals surface area (Å²) < 4.78 is 1.43. The summed E-state index contributed by atoms with van der Waals surface area (Å²) in [6, 6.07) is 0. The minimum absolute atomic E-state index is 0.135. The summed E-state index contributed by atoms with van der Waals surface area (Å²) in [7, 11) is 1.66. The fraction of sp³-hybridized carbons (Fsp3) is 0.500. The molecule has 0 radical (unpaired) electrons. The van der Waals surface area contributed by atoms with E-state index in [4.69, 9.17) is 0 Å². The number of rotatable bonds is 4. The van der Waals surface area contributed by atoms with E-state index < -0.39 is 0 Å². The Morgan fingerprint density at radius 2 is 2.03 bits per heavy atom. The van der Waals surface area contributed by atoms with Gasteiger partial charge in [0.05, 0.1) is 22.3 Å². The SMILES string of the molecule is Cc1c(C(=O)Nc2nc(CN3C[C@@H](C)C[C@H](C)C3)cs2)sc2ncn(C)c(=O)c12. The van der Waals surface area contributed by atoms with Crippen LogP contribution in [0.2, 0.25) is 0 Å². The van der Waals surface area contributed by atoms with E-state index in [1.165, 1.54) is 40.0 Å². The third kappa shape index (κ3) is 4.12. The first-order chi connectivity index (χ1) is 13.8. The van der Waals surface area contributed by atoms with E-state index in [2.05, 4.69) is 34.0 Å². The summed E-state index contributed by atoms with van der Waals surface area (Å²) in [5, 5.41) is 6.00. The first kappa shape index (κ1) is 20.2. The lowest BCUT2D eigenvalue weighted by atomic mass is 9.92.